The molecule has 0 unspecified atom stereocenters. The van der Waals surface area contributed by atoms with Gasteiger partial charge in [-0.15, -0.1) is 0 Å². The van der Waals surface area contributed by atoms with Gasteiger partial charge in [-0.25, -0.2) is 4.98 Å². The summed E-state index contributed by atoms with van der Waals surface area (Å²) in [5, 5.41) is 7.34. The van der Waals surface area contributed by atoms with Gasteiger partial charge < -0.3 is 14.7 Å². The Bertz CT molecular complexity index is 1310. The highest BCUT2D eigenvalue weighted by molar-refractivity contribution is 9.10. The number of amides is 2. The summed E-state index contributed by atoms with van der Waals surface area (Å²) in [6.07, 6.45) is 0. The summed E-state index contributed by atoms with van der Waals surface area (Å²) in [6, 6.07) is 16.9. The number of rotatable bonds is 5. The molecule has 1 N–H and O–H groups in total. The third-order valence-electron chi connectivity index (χ3n) is 5.07. The Morgan fingerprint density at radius 3 is 2.53 bits per heavy atom. The van der Waals surface area contributed by atoms with Gasteiger partial charge in [0.15, 0.2) is 0 Å². The number of hydrogen-bond donors (Lipinski definition) is 1. The number of benzene rings is 2. The number of aromatic nitrogens is 2. The quantitative estimate of drug-likeness (QED) is 0.424. The van der Waals surface area contributed by atoms with Crippen molar-refractivity contribution in [2.45, 2.75) is 13.8 Å². The standard InChI is InChI=1S/C24H21BrN4O3/c1-14-8-10-16(11-9-14)20-12-17(22-15(2)28-32-23(22)27-20)24(31)29(3)13-21(30)26-19-7-5-4-6-18(19)25/h4-12H,13H2,1-3H3,(H,26,30). The Kier molecular flexibility index (Phi) is 6.05. The number of nitrogens with one attached hydrogen (secondary N) is 1. The van der Waals surface area contributed by atoms with Crippen molar-refractivity contribution >= 4 is 44.5 Å². The predicted octanol–water partition coefficient (Wildman–Crippen LogP) is 4.98. The summed E-state index contributed by atoms with van der Waals surface area (Å²) < 4.78 is 6.13. The minimum atomic E-state index is -0.320. The van der Waals surface area contributed by atoms with Crippen molar-refractivity contribution in [3.63, 3.8) is 0 Å². The SMILES string of the molecule is Cc1ccc(-c2cc(C(=O)N(C)CC(=O)Nc3ccccc3Br)c3c(C)noc3n2)cc1. The summed E-state index contributed by atoms with van der Waals surface area (Å²) in [5.74, 6) is -0.627. The maximum Gasteiger partial charge on any atom is 0.259 e. The summed E-state index contributed by atoms with van der Waals surface area (Å²) in [7, 11) is 1.59. The van der Waals surface area contributed by atoms with Gasteiger partial charge >= 0.3 is 0 Å². The number of likely N-dealkylation sites (N-methyl/N-ethyl adjacent to an activating group) is 1. The molecule has 32 heavy (non-hydrogen) atoms. The molecule has 0 bridgehead atoms. The van der Waals surface area contributed by atoms with E-state index < -0.39 is 0 Å². The lowest BCUT2D eigenvalue weighted by Crippen LogP contribution is -2.35. The van der Waals surface area contributed by atoms with E-state index in [4.69, 9.17) is 4.52 Å². The lowest BCUT2D eigenvalue weighted by atomic mass is 10.0. The molecule has 0 aliphatic rings. The Balaban J connectivity index is 1.63. The molecule has 0 aliphatic carbocycles. The number of anilines is 1. The third-order valence-corrected chi connectivity index (χ3v) is 5.76. The average Bonchev–Trinajstić information content (AvgIpc) is 3.15. The van der Waals surface area contributed by atoms with Gasteiger partial charge in [0, 0.05) is 17.1 Å². The molecular weight excluding hydrogens is 472 g/mol. The molecule has 0 aliphatic heterocycles. The predicted molar refractivity (Wildman–Crippen MR) is 126 cm³/mol. The number of aryl methyl sites for hydroxylation is 2. The zero-order valence-corrected chi connectivity index (χ0v) is 19.4. The van der Waals surface area contributed by atoms with Gasteiger partial charge in [-0.1, -0.05) is 47.1 Å². The summed E-state index contributed by atoms with van der Waals surface area (Å²) >= 11 is 3.40. The van der Waals surface area contributed by atoms with Crippen LogP contribution in [-0.4, -0.2) is 40.4 Å². The van der Waals surface area contributed by atoms with E-state index >= 15 is 0 Å². The first-order valence-electron chi connectivity index (χ1n) is 9.97. The normalized spacial score (nSPS) is 10.9. The monoisotopic (exact) mass is 492 g/mol. The van der Waals surface area contributed by atoms with Crippen LogP contribution in [0.25, 0.3) is 22.4 Å². The van der Waals surface area contributed by atoms with E-state index in [-0.39, 0.29) is 24.1 Å². The fraction of sp³-hybridized carbons (Fsp3) is 0.167. The number of halogens is 1. The van der Waals surface area contributed by atoms with Crippen molar-refractivity contribution in [3.8, 4) is 11.3 Å². The molecule has 2 aromatic carbocycles. The summed E-state index contributed by atoms with van der Waals surface area (Å²) in [6.45, 7) is 3.65. The number of carbonyl (C=O) groups is 2. The molecule has 8 heteroatoms. The van der Waals surface area contributed by atoms with E-state index in [1.807, 2.05) is 49.4 Å². The third kappa shape index (κ3) is 4.40. The van der Waals surface area contributed by atoms with Crippen LogP contribution in [0, 0.1) is 13.8 Å². The highest BCUT2D eigenvalue weighted by atomic mass is 79.9. The van der Waals surface area contributed by atoms with Crippen LogP contribution in [0.4, 0.5) is 5.69 Å². The van der Waals surface area contributed by atoms with Crippen LogP contribution in [0.5, 0.6) is 0 Å². The molecule has 0 spiro atoms. The first-order chi connectivity index (χ1) is 15.3. The van der Waals surface area contributed by atoms with E-state index in [1.165, 1.54) is 4.90 Å². The minimum absolute atomic E-state index is 0.117. The lowest BCUT2D eigenvalue weighted by Gasteiger charge is -2.18. The van der Waals surface area contributed by atoms with Crippen molar-refractivity contribution in [1.82, 2.24) is 15.0 Å². The number of hydrogen-bond acceptors (Lipinski definition) is 5. The second-order valence-corrected chi connectivity index (χ2v) is 8.41. The van der Waals surface area contributed by atoms with Crippen molar-refractivity contribution in [1.29, 1.82) is 0 Å². The van der Waals surface area contributed by atoms with Crippen LogP contribution in [0.1, 0.15) is 21.6 Å². The van der Waals surface area contributed by atoms with Gasteiger partial charge in [0.2, 0.25) is 5.91 Å². The van der Waals surface area contributed by atoms with E-state index in [9.17, 15) is 9.59 Å². The van der Waals surface area contributed by atoms with Crippen LogP contribution in [0.3, 0.4) is 0 Å². The van der Waals surface area contributed by atoms with Gasteiger partial charge in [-0.3, -0.25) is 9.59 Å². The van der Waals surface area contributed by atoms with E-state index in [0.29, 0.717) is 28.0 Å². The second kappa shape index (κ2) is 8.92. The molecule has 2 amide bonds. The van der Waals surface area contributed by atoms with E-state index in [2.05, 4.69) is 31.4 Å². The second-order valence-electron chi connectivity index (χ2n) is 7.56. The zero-order valence-electron chi connectivity index (χ0n) is 17.8. The van der Waals surface area contributed by atoms with Crippen LogP contribution in [-0.2, 0) is 4.79 Å². The number of fused-ring (bicyclic) bond motifs is 1. The lowest BCUT2D eigenvalue weighted by molar-refractivity contribution is -0.116. The van der Waals surface area contributed by atoms with E-state index in [0.717, 1.165) is 15.6 Å². The first kappa shape index (κ1) is 21.7. The largest absolute Gasteiger partial charge is 0.335 e. The number of pyridine rings is 1. The molecule has 0 atom stereocenters. The van der Waals surface area contributed by atoms with E-state index in [1.54, 1.807) is 26.1 Å². The molecular formula is C24H21BrN4O3. The average molecular weight is 493 g/mol. The molecule has 4 aromatic rings. The molecule has 0 radical (unpaired) electrons. The van der Waals surface area contributed by atoms with Crippen LogP contribution < -0.4 is 5.32 Å². The molecule has 0 saturated carbocycles. The van der Waals surface area contributed by atoms with Gasteiger partial charge in [0.25, 0.3) is 11.6 Å². The Hall–Kier alpha value is -3.52. The number of para-hydroxylation sites is 1. The molecule has 7 nitrogen and oxygen atoms in total. The summed E-state index contributed by atoms with van der Waals surface area (Å²) in [5.41, 5.74) is 4.46. The summed E-state index contributed by atoms with van der Waals surface area (Å²) in [4.78, 5) is 31.8. The fourth-order valence-corrected chi connectivity index (χ4v) is 3.76. The minimum Gasteiger partial charge on any atom is -0.335 e. The van der Waals surface area contributed by atoms with Crippen molar-refractivity contribution < 1.29 is 14.1 Å². The Morgan fingerprint density at radius 1 is 1.09 bits per heavy atom. The first-order valence-corrected chi connectivity index (χ1v) is 10.8. The maximum absolute atomic E-state index is 13.3. The Labute approximate surface area is 193 Å². The topological polar surface area (TPSA) is 88.3 Å². The highest BCUT2D eigenvalue weighted by Gasteiger charge is 2.23. The van der Waals surface area contributed by atoms with Crippen LogP contribution in [0.2, 0.25) is 0 Å². The fourth-order valence-electron chi connectivity index (χ4n) is 3.38. The number of nitrogens with zero attached hydrogens (tertiary/aromatic N) is 3. The van der Waals surface area contributed by atoms with Gasteiger partial charge in [-0.05, 0) is 48.0 Å². The van der Waals surface area contributed by atoms with Gasteiger partial charge in [-0.2, -0.15) is 0 Å². The smallest absolute Gasteiger partial charge is 0.259 e. The molecule has 4 rings (SSSR count). The van der Waals surface area contributed by atoms with Crippen LogP contribution >= 0.6 is 15.9 Å². The zero-order chi connectivity index (χ0) is 22.8. The molecule has 0 fully saturated rings. The van der Waals surface area contributed by atoms with Crippen molar-refractivity contribution in [3.05, 3.63) is 75.9 Å². The molecule has 2 aromatic heterocycles. The molecule has 0 saturated heterocycles. The maximum atomic E-state index is 13.3. The highest BCUT2D eigenvalue weighted by Crippen LogP contribution is 2.28. The van der Waals surface area contributed by atoms with Crippen LogP contribution in [0.15, 0.2) is 63.6 Å². The van der Waals surface area contributed by atoms with Gasteiger partial charge in [0.1, 0.15) is 0 Å². The van der Waals surface area contributed by atoms with Crippen molar-refractivity contribution in [2.75, 3.05) is 18.9 Å². The van der Waals surface area contributed by atoms with Gasteiger partial charge in [0.05, 0.1) is 34.6 Å². The Morgan fingerprint density at radius 2 is 1.81 bits per heavy atom. The van der Waals surface area contributed by atoms with Crippen molar-refractivity contribution in [2.24, 2.45) is 0 Å². The number of carbonyl (C=O) groups excluding carboxylic acids is 2. The molecule has 2 heterocycles. The molecule has 162 valence electrons.